The van der Waals surface area contributed by atoms with Gasteiger partial charge in [-0.3, -0.25) is 4.98 Å². The van der Waals surface area contributed by atoms with Crippen LogP contribution in [0.15, 0.2) is 41.1 Å². The van der Waals surface area contributed by atoms with Crippen LogP contribution in [0.2, 0.25) is 5.28 Å². The molecule has 3 aromatic rings. The Labute approximate surface area is 147 Å². The number of pyridine rings is 1. The quantitative estimate of drug-likeness (QED) is 0.510. The van der Waals surface area contributed by atoms with Crippen LogP contribution in [0, 0.1) is 0 Å². The lowest BCUT2D eigenvalue weighted by Gasteiger charge is -2.17. The number of hydrogen-bond donors (Lipinski definition) is 1. The smallest absolute Gasteiger partial charge is 0.224 e. The highest BCUT2D eigenvalue weighted by Crippen LogP contribution is 2.41. The van der Waals surface area contributed by atoms with E-state index in [-0.39, 0.29) is 5.28 Å². The number of nitrogens with zero attached hydrogens (tertiary/aromatic N) is 3. The van der Waals surface area contributed by atoms with Gasteiger partial charge in [0.1, 0.15) is 13.0 Å². The Kier molecular flexibility index (Phi) is 4.41. The van der Waals surface area contributed by atoms with Gasteiger partial charge in [-0.1, -0.05) is 12.1 Å². The summed E-state index contributed by atoms with van der Waals surface area (Å²) in [4.78, 5) is 12.5. The molecule has 0 amide bonds. The summed E-state index contributed by atoms with van der Waals surface area (Å²) in [5, 5.41) is 4.95. The lowest BCUT2D eigenvalue weighted by molar-refractivity contribution is 0.588. The van der Waals surface area contributed by atoms with E-state index in [0.717, 1.165) is 10.9 Å². The molecule has 0 aliphatic carbocycles. The van der Waals surface area contributed by atoms with Crippen molar-refractivity contribution in [2.45, 2.75) is 0 Å². The highest BCUT2D eigenvalue weighted by molar-refractivity contribution is 9.10. The zero-order valence-corrected chi connectivity index (χ0v) is 15.7. The van der Waals surface area contributed by atoms with Crippen molar-refractivity contribution in [1.29, 1.82) is 0 Å². The van der Waals surface area contributed by atoms with Crippen LogP contribution < -0.4 is 10.6 Å². The SMILES string of the molecule is CP(C)(=O)c1c(Nc2nc(Cl)ncc2Br)ccc2cccnc12. The Morgan fingerprint density at radius 3 is 2.74 bits per heavy atom. The van der Waals surface area contributed by atoms with Gasteiger partial charge in [-0.05, 0) is 53.0 Å². The molecule has 0 atom stereocenters. The molecule has 0 radical (unpaired) electrons. The molecule has 0 fully saturated rings. The van der Waals surface area contributed by atoms with Crippen LogP contribution in [-0.2, 0) is 4.57 Å². The van der Waals surface area contributed by atoms with Crippen molar-refractivity contribution in [3.63, 3.8) is 0 Å². The van der Waals surface area contributed by atoms with Crippen LogP contribution >= 0.6 is 34.7 Å². The van der Waals surface area contributed by atoms with Gasteiger partial charge in [0.15, 0.2) is 0 Å². The van der Waals surface area contributed by atoms with Gasteiger partial charge in [0.05, 0.1) is 21.0 Å². The Morgan fingerprint density at radius 1 is 1.22 bits per heavy atom. The first-order chi connectivity index (χ1) is 10.9. The van der Waals surface area contributed by atoms with Crippen LogP contribution in [-0.4, -0.2) is 28.3 Å². The van der Waals surface area contributed by atoms with Crippen molar-refractivity contribution in [2.75, 3.05) is 18.6 Å². The molecule has 0 saturated heterocycles. The topological polar surface area (TPSA) is 67.8 Å². The zero-order valence-electron chi connectivity index (χ0n) is 12.4. The van der Waals surface area contributed by atoms with Crippen molar-refractivity contribution in [3.05, 3.63) is 46.4 Å². The third kappa shape index (κ3) is 3.39. The van der Waals surface area contributed by atoms with Crippen molar-refractivity contribution in [2.24, 2.45) is 0 Å². The molecule has 118 valence electrons. The molecule has 1 N–H and O–H groups in total. The number of anilines is 2. The Hall–Kier alpha value is -1.49. The van der Waals surface area contributed by atoms with Gasteiger partial charge < -0.3 is 9.88 Å². The van der Waals surface area contributed by atoms with Gasteiger partial charge in [-0.25, -0.2) is 4.98 Å². The van der Waals surface area contributed by atoms with Crippen LogP contribution in [0.4, 0.5) is 11.5 Å². The largest absolute Gasteiger partial charge is 0.338 e. The van der Waals surface area contributed by atoms with Crippen LogP contribution in [0.3, 0.4) is 0 Å². The predicted molar refractivity (Wildman–Crippen MR) is 98.9 cm³/mol. The highest BCUT2D eigenvalue weighted by Gasteiger charge is 2.21. The van der Waals surface area contributed by atoms with E-state index in [2.05, 4.69) is 36.2 Å². The van der Waals surface area contributed by atoms with Crippen molar-refractivity contribution in [1.82, 2.24) is 15.0 Å². The van der Waals surface area contributed by atoms with Gasteiger partial charge in [0.2, 0.25) is 5.28 Å². The standard InChI is InChI=1S/C15H13BrClN4OP/c1-23(2,22)13-11(6-5-9-4-3-7-18-12(9)13)20-14-10(16)8-19-15(17)21-14/h3-8H,1-2H3,(H,19,20,21). The minimum atomic E-state index is -2.58. The lowest BCUT2D eigenvalue weighted by Crippen LogP contribution is -2.13. The molecule has 0 unspecified atom stereocenters. The fourth-order valence-corrected chi connectivity index (χ4v) is 4.17. The highest BCUT2D eigenvalue weighted by atomic mass is 79.9. The Balaban J connectivity index is 2.21. The maximum absolute atomic E-state index is 12.8. The number of benzene rings is 1. The first-order valence-electron chi connectivity index (χ1n) is 6.74. The van der Waals surface area contributed by atoms with E-state index < -0.39 is 7.14 Å². The zero-order chi connectivity index (χ0) is 16.6. The molecule has 0 aliphatic heterocycles. The second-order valence-corrected chi connectivity index (χ2v) is 9.69. The lowest BCUT2D eigenvalue weighted by atomic mass is 10.2. The summed E-state index contributed by atoms with van der Waals surface area (Å²) >= 11 is 9.24. The second kappa shape index (κ2) is 6.19. The van der Waals surface area contributed by atoms with Gasteiger partial charge in [-0.15, -0.1) is 0 Å². The molecule has 2 heterocycles. The van der Waals surface area contributed by atoms with E-state index in [1.807, 2.05) is 24.3 Å². The van der Waals surface area contributed by atoms with Crippen molar-refractivity contribution >= 4 is 62.4 Å². The minimum absolute atomic E-state index is 0.132. The number of hydrogen-bond acceptors (Lipinski definition) is 5. The Bertz CT molecular complexity index is 944. The molecule has 0 aliphatic rings. The molecule has 2 aromatic heterocycles. The summed E-state index contributed by atoms with van der Waals surface area (Å²) in [6.45, 7) is 3.45. The normalized spacial score (nSPS) is 11.7. The molecule has 23 heavy (non-hydrogen) atoms. The van der Waals surface area contributed by atoms with E-state index in [1.54, 1.807) is 25.7 Å². The molecule has 1 aromatic carbocycles. The van der Waals surface area contributed by atoms with Crippen molar-refractivity contribution < 1.29 is 4.57 Å². The summed E-state index contributed by atoms with van der Waals surface area (Å²) in [7, 11) is -2.58. The van der Waals surface area contributed by atoms with Gasteiger partial charge >= 0.3 is 0 Å². The summed E-state index contributed by atoms with van der Waals surface area (Å²) < 4.78 is 13.5. The fraction of sp³-hybridized carbons (Fsp3) is 0.133. The average Bonchev–Trinajstić information content (AvgIpc) is 2.49. The second-order valence-electron chi connectivity index (χ2n) is 5.35. The predicted octanol–water partition coefficient (Wildman–Crippen LogP) is 4.43. The number of halogens is 2. The molecular formula is C15H13BrClN4OP. The molecule has 0 spiro atoms. The van der Waals surface area contributed by atoms with E-state index in [4.69, 9.17) is 11.6 Å². The third-order valence-electron chi connectivity index (χ3n) is 3.25. The summed E-state index contributed by atoms with van der Waals surface area (Å²) in [5.41, 5.74) is 1.42. The molecular weight excluding hydrogens is 399 g/mol. The molecule has 5 nitrogen and oxygen atoms in total. The first kappa shape index (κ1) is 16.4. The number of nitrogens with one attached hydrogen (secondary N) is 1. The average molecular weight is 412 g/mol. The number of fused-ring (bicyclic) bond motifs is 1. The molecule has 0 bridgehead atoms. The van der Waals surface area contributed by atoms with Crippen LogP contribution in [0.5, 0.6) is 0 Å². The van der Waals surface area contributed by atoms with E-state index >= 15 is 0 Å². The first-order valence-corrected chi connectivity index (χ1v) is 10.5. The fourth-order valence-electron chi connectivity index (χ4n) is 2.34. The van der Waals surface area contributed by atoms with Gasteiger partial charge in [0.25, 0.3) is 0 Å². The summed E-state index contributed by atoms with van der Waals surface area (Å²) in [6.07, 6.45) is 3.26. The van der Waals surface area contributed by atoms with Crippen LogP contribution in [0.25, 0.3) is 10.9 Å². The maximum Gasteiger partial charge on any atom is 0.224 e. The Morgan fingerprint density at radius 2 is 2.00 bits per heavy atom. The number of aromatic nitrogens is 3. The van der Waals surface area contributed by atoms with Gasteiger partial charge in [0, 0.05) is 17.8 Å². The molecule has 0 saturated carbocycles. The maximum atomic E-state index is 12.8. The third-order valence-corrected chi connectivity index (χ3v) is 5.55. The van der Waals surface area contributed by atoms with E-state index in [0.29, 0.717) is 21.3 Å². The van der Waals surface area contributed by atoms with Crippen molar-refractivity contribution in [3.8, 4) is 0 Å². The van der Waals surface area contributed by atoms with E-state index in [9.17, 15) is 4.57 Å². The summed E-state index contributed by atoms with van der Waals surface area (Å²) in [5.74, 6) is 0.509. The minimum Gasteiger partial charge on any atom is -0.338 e. The molecule has 8 heteroatoms. The molecule has 3 rings (SSSR count). The monoisotopic (exact) mass is 410 g/mol. The summed E-state index contributed by atoms with van der Waals surface area (Å²) in [6, 6.07) is 7.61. The van der Waals surface area contributed by atoms with E-state index in [1.165, 1.54) is 0 Å². The van der Waals surface area contributed by atoms with Gasteiger partial charge in [-0.2, -0.15) is 4.98 Å². The van der Waals surface area contributed by atoms with Crippen LogP contribution in [0.1, 0.15) is 0 Å². The number of rotatable bonds is 3.